The summed E-state index contributed by atoms with van der Waals surface area (Å²) in [5, 5.41) is 11.9. The van der Waals surface area contributed by atoms with Crippen molar-refractivity contribution in [1.29, 1.82) is 0 Å². The van der Waals surface area contributed by atoms with Crippen molar-refractivity contribution in [2.75, 3.05) is 6.61 Å². The molecule has 0 spiro atoms. The number of rotatable bonds is 7. The molecule has 0 saturated heterocycles. The van der Waals surface area contributed by atoms with Crippen LogP contribution in [0.25, 0.3) is 0 Å². The highest BCUT2D eigenvalue weighted by Gasteiger charge is 2.05. The maximum Gasteiger partial charge on any atom is 0.157 e. The normalized spacial score (nSPS) is 13.2. The number of hydrogen-bond acceptors (Lipinski definition) is 3. The van der Waals surface area contributed by atoms with Crippen LogP contribution in [-0.4, -0.2) is 17.5 Å². The van der Waals surface area contributed by atoms with Crippen LogP contribution in [0.15, 0.2) is 42.1 Å². The van der Waals surface area contributed by atoms with E-state index in [-0.39, 0.29) is 18.4 Å². The van der Waals surface area contributed by atoms with Gasteiger partial charge < -0.3 is 10.4 Å². The number of aliphatic hydroxyl groups excluding tert-OH is 1. The highest BCUT2D eigenvalue weighted by molar-refractivity contribution is 5.90. The predicted octanol–water partition coefficient (Wildman–Crippen LogP) is 2.58. The van der Waals surface area contributed by atoms with Gasteiger partial charge in [-0.2, -0.15) is 0 Å². The third kappa shape index (κ3) is 5.15. The number of benzene rings is 1. The third-order valence-electron chi connectivity index (χ3n) is 2.70. The van der Waals surface area contributed by atoms with Crippen LogP contribution in [0, 0.1) is 0 Å². The predicted molar refractivity (Wildman–Crippen MR) is 73.1 cm³/mol. The second-order valence-corrected chi connectivity index (χ2v) is 4.40. The van der Waals surface area contributed by atoms with Gasteiger partial charge in [-0.1, -0.05) is 30.3 Å². The van der Waals surface area contributed by atoms with Gasteiger partial charge in [-0.15, -0.1) is 0 Å². The fourth-order valence-corrected chi connectivity index (χ4v) is 1.78. The maximum absolute atomic E-state index is 11.5. The number of carbonyl (C=O) groups is 1. The molecule has 0 aliphatic rings. The molecule has 3 nitrogen and oxygen atoms in total. The quantitative estimate of drug-likeness (QED) is 0.728. The van der Waals surface area contributed by atoms with Crippen LogP contribution in [0.2, 0.25) is 0 Å². The molecule has 0 fully saturated rings. The van der Waals surface area contributed by atoms with Crippen molar-refractivity contribution in [3.63, 3.8) is 0 Å². The lowest BCUT2D eigenvalue weighted by molar-refractivity contribution is -0.114. The van der Waals surface area contributed by atoms with E-state index in [1.807, 2.05) is 25.1 Å². The molecule has 2 N–H and O–H groups in total. The second kappa shape index (κ2) is 7.67. The van der Waals surface area contributed by atoms with E-state index in [4.69, 9.17) is 5.11 Å². The summed E-state index contributed by atoms with van der Waals surface area (Å²) in [5.74, 6) is 0.0503. The Kier molecular flexibility index (Phi) is 6.15. The van der Waals surface area contributed by atoms with Crippen LogP contribution in [0.1, 0.15) is 38.3 Å². The molecule has 0 saturated carbocycles. The van der Waals surface area contributed by atoms with Gasteiger partial charge in [0.05, 0.1) is 0 Å². The van der Waals surface area contributed by atoms with Gasteiger partial charge in [0.1, 0.15) is 0 Å². The highest BCUT2D eigenvalue weighted by atomic mass is 16.3. The van der Waals surface area contributed by atoms with Crippen LogP contribution >= 0.6 is 0 Å². The number of ketones is 1. The summed E-state index contributed by atoms with van der Waals surface area (Å²) in [7, 11) is 0. The van der Waals surface area contributed by atoms with Crippen LogP contribution in [0.3, 0.4) is 0 Å². The summed E-state index contributed by atoms with van der Waals surface area (Å²) in [6, 6.07) is 10.3. The van der Waals surface area contributed by atoms with Gasteiger partial charge in [0, 0.05) is 24.8 Å². The van der Waals surface area contributed by atoms with Gasteiger partial charge in [0.25, 0.3) is 0 Å². The van der Waals surface area contributed by atoms with Crippen molar-refractivity contribution in [3.8, 4) is 0 Å². The molecule has 18 heavy (non-hydrogen) atoms. The standard InChI is InChI=1S/C15H21NO2/c1-12(11-15(18)9-6-10-17)16-13(2)14-7-4-3-5-8-14/h3-5,7-8,11,13,16-17H,6,9-10H2,1-2H3/b12-11-. The third-order valence-corrected chi connectivity index (χ3v) is 2.70. The number of aliphatic hydroxyl groups is 1. The van der Waals surface area contributed by atoms with Crippen LogP contribution in [0.5, 0.6) is 0 Å². The Bertz CT molecular complexity index is 398. The molecule has 1 rings (SSSR count). The van der Waals surface area contributed by atoms with Crippen molar-refractivity contribution in [3.05, 3.63) is 47.7 Å². The fourth-order valence-electron chi connectivity index (χ4n) is 1.78. The molecule has 0 aliphatic carbocycles. The lowest BCUT2D eigenvalue weighted by Crippen LogP contribution is -2.17. The zero-order valence-corrected chi connectivity index (χ0v) is 11.0. The summed E-state index contributed by atoms with van der Waals surface area (Å²) in [5.41, 5.74) is 2.04. The van der Waals surface area contributed by atoms with Crippen molar-refractivity contribution >= 4 is 5.78 Å². The molecule has 0 aliphatic heterocycles. The van der Waals surface area contributed by atoms with Crippen LogP contribution in [-0.2, 0) is 4.79 Å². The van der Waals surface area contributed by atoms with Gasteiger partial charge in [-0.25, -0.2) is 0 Å². The first-order valence-corrected chi connectivity index (χ1v) is 6.27. The Morgan fingerprint density at radius 3 is 2.67 bits per heavy atom. The lowest BCUT2D eigenvalue weighted by Gasteiger charge is -2.15. The van der Waals surface area contributed by atoms with E-state index in [2.05, 4.69) is 24.4 Å². The van der Waals surface area contributed by atoms with Gasteiger partial charge in [0.15, 0.2) is 5.78 Å². The molecule has 0 bridgehead atoms. The van der Waals surface area contributed by atoms with E-state index in [0.29, 0.717) is 12.8 Å². The summed E-state index contributed by atoms with van der Waals surface area (Å²) < 4.78 is 0. The SMILES string of the molecule is C/C(=C/C(=O)CCCO)NC(C)c1ccccc1. The summed E-state index contributed by atoms with van der Waals surface area (Å²) in [6.07, 6.45) is 2.53. The number of carbonyl (C=O) groups excluding carboxylic acids is 1. The lowest BCUT2D eigenvalue weighted by atomic mass is 10.1. The minimum atomic E-state index is 0.0503. The first-order valence-electron chi connectivity index (χ1n) is 6.27. The average Bonchev–Trinajstić information content (AvgIpc) is 2.37. The monoisotopic (exact) mass is 247 g/mol. The van der Waals surface area contributed by atoms with Crippen molar-refractivity contribution < 1.29 is 9.90 Å². The second-order valence-electron chi connectivity index (χ2n) is 4.40. The number of nitrogens with one attached hydrogen (secondary N) is 1. The maximum atomic E-state index is 11.5. The van der Waals surface area contributed by atoms with Crippen molar-refractivity contribution in [2.45, 2.75) is 32.7 Å². The molecule has 3 heteroatoms. The minimum Gasteiger partial charge on any atom is -0.396 e. The molecule has 0 aromatic heterocycles. The summed E-state index contributed by atoms with van der Waals surface area (Å²) in [6.45, 7) is 4.01. The molecule has 0 heterocycles. The van der Waals surface area contributed by atoms with Crippen molar-refractivity contribution in [2.24, 2.45) is 0 Å². The zero-order chi connectivity index (χ0) is 13.4. The van der Waals surface area contributed by atoms with Gasteiger partial charge in [-0.05, 0) is 31.9 Å². The Morgan fingerprint density at radius 2 is 2.06 bits per heavy atom. The van der Waals surface area contributed by atoms with Crippen LogP contribution < -0.4 is 5.32 Å². The summed E-state index contributed by atoms with van der Waals surface area (Å²) in [4.78, 5) is 11.5. The molecule has 1 aromatic carbocycles. The van der Waals surface area contributed by atoms with Crippen LogP contribution in [0.4, 0.5) is 0 Å². The molecule has 98 valence electrons. The molecule has 0 amide bonds. The first-order chi connectivity index (χ1) is 8.63. The van der Waals surface area contributed by atoms with E-state index in [0.717, 1.165) is 5.70 Å². The Labute approximate surface area is 109 Å². The minimum absolute atomic E-state index is 0.0503. The molecular weight excluding hydrogens is 226 g/mol. The fraction of sp³-hybridized carbons (Fsp3) is 0.400. The smallest absolute Gasteiger partial charge is 0.157 e. The topological polar surface area (TPSA) is 49.3 Å². The molecule has 1 atom stereocenters. The van der Waals surface area contributed by atoms with Gasteiger partial charge >= 0.3 is 0 Å². The number of hydrogen-bond donors (Lipinski definition) is 2. The van der Waals surface area contributed by atoms with Crippen molar-refractivity contribution in [1.82, 2.24) is 5.32 Å². The first kappa shape index (κ1) is 14.5. The molecule has 1 unspecified atom stereocenters. The van der Waals surface area contributed by atoms with E-state index in [9.17, 15) is 4.79 Å². The largest absolute Gasteiger partial charge is 0.396 e. The molecule has 1 aromatic rings. The highest BCUT2D eigenvalue weighted by Crippen LogP contribution is 2.12. The van der Waals surface area contributed by atoms with E-state index in [1.165, 1.54) is 5.56 Å². The average molecular weight is 247 g/mol. The molecular formula is C15H21NO2. The zero-order valence-electron chi connectivity index (χ0n) is 11.0. The summed E-state index contributed by atoms with van der Waals surface area (Å²) >= 11 is 0. The van der Waals surface area contributed by atoms with E-state index < -0.39 is 0 Å². The van der Waals surface area contributed by atoms with Gasteiger partial charge in [0.2, 0.25) is 0 Å². The number of allylic oxidation sites excluding steroid dienone is 2. The van der Waals surface area contributed by atoms with Gasteiger partial charge in [-0.3, -0.25) is 4.79 Å². The molecule has 0 radical (unpaired) electrons. The Balaban J connectivity index is 2.51. The van der Waals surface area contributed by atoms with E-state index in [1.54, 1.807) is 6.08 Å². The Morgan fingerprint density at radius 1 is 1.39 bits per heavy atom. The Hall–Kier alpha value is -1.61. The van der Waals surface area contributed by atoms with E-state index >= 15 is 0 Å².